The number of carbonyl (C=O) groups excluding carboxylic acids is 2. The molecule has 182 valence electrons. The molecule has 2 aromatic carbocycles. The van der Waals surface area contributed by atoms with Gasteiger partial charge >= 0.3 is 12.1 Å². The lowest BCUT2D eigenvalue weighted by Gasteiger charge is -2.18. The van der Waals surface area contributed by atoms with Crippen LogP contribution in [-0.4, -0.2) is 46.0 Å². The van der Waals surface area contributed by atoms with E-state index in [9.17, 15) is 19.5 Å². The molecule has 1 aliphatic rings. The van der Waals surface area contributed by atoms with E-state index in [2.05, 4.69) is 27.9 Å². The number of benzene rings is 2. The molecule has 0 aliphatic heterocycles. The summed E-state index contributed by atoms with van der Waals surface area (Å²) in [6.07, 6.45) is 1.06. The number of ether oxygens (including phenoxy) is 1. The van der Waals surface area contributed by atoms with Crippen molar-refractivity contribution in [2.75, 3.05) is 18.5 Å². The molecule has 1 aromatic heterocycles. The fraction of sp³-hybridized carbons (Fsp3) is 0.308. The zero-order valence-electron chi connectivity index (χ0n) is 19.9. The van der Waals surface area contributed by atoms with Crippen molar-refractivity contribution in [3.05, 3.63) is 71.5 Å². The average molecular weight is 477 g/mol. The van der Waals surface area contributed by atoms with Gasteiger partial charge < -0.3 is 15.2 Å². The summed E-state index contributed by atoms with van der Waals surface area (Å²) in [5, 5.41) is 18.6. The third kappa shape index (κ3) is 5.03. The van der Waals surface area contributed by atoms with Crippen molar-refractivity contribution in [2.24, 2.45) is 12.5 Å². The van der Waals surface area contributed by atoms with Crippen LogP contribution in [0.2, 0.25) is 0 Å². The molecule has 0 radical (unpaired) electrons. The fourth-order valence-corrected chi connectivity index (χ4v) is 4.17. The van der Waals surface area contributed by atoms with E-state index in [-0.39, 0.29) is 36.9 Å². The Bertz CT molecular complexity index is 1230. The minimum atomic E-state index is -0.972. The van der Waals surface area contributed by atoms with Gasteiger partial charge in [0.25, 0.3) is 5.91 Å². The predicted molar refractivity (Wildman–Crippen MR) is 130 cm³/mol. The number of nitrogens with one attached hydrogen (secondary N) is 2. The number of aryl methyl sites for hydroxylation is 1. The van der Waals surface area contributed by atoms with Crippen molar-refractivity contribution in [1.82, 2.24) is 15.1 Å². The number of amides is 2. The highest BCUT2D eigenvalue weighted by Crippen LogP contribution is 2.44. The van der Waals surface area contributed by atoms with Gasteiger partial charge in [-0.25, -0.2) is 4.79 Å². The van der Waals surface area contributed by atoms with Crippen LogP contribution in [0.1, 0.15) is 47.8 Å². The SMILES string of the molecule is Cn1cc(NC(=O)OCC2c3ccccc3-c3ccccc32)c(C(=O)NCCC(C)(C)C(=O)O)n1. The van der Waals surface area contributed by atoms with Gasteiger partial charge in [0.15, 0.2) is 5.69 Å². The van der Waals surface area contributed by atoms with Crippen LogP contribution in [-0.2, 0) is 16.6 Å². The minimum absolute atomic E-state index is 0.0224. The lowest BCUT2D eigenvalue weighted by molar-refractivity contribution is -0.147. The Kier molecular flexibility index (Phi) is 6.59. The molecule has 1 aliphatic carbocycles. The molecule has 0 bridgehead atoms. The largest absolute Gasteiger partial charge is 0.481 e. The van der Waals surface area contributed by atoms with Crippen molar-refractivity contribution in [3.8, 4) is 11.1 Å². The summed E-state index contributed by atoms with van der Waals surface area (Å²) in [5.41, 5.74) is 3.73. The third-order valence-corrected chi connectivity index (χ3v) is 6.24. The van der Waals surface area contributed by atoms with Crippen molar-refractivity contribution in [3.63, 3.8) is 0 Å². The second kappa shape index (κ2) is 9.61. The summed E-state index contributed by atoms with van der Waals surface area (Å²) in [6.45, 7) is 3.48. The van der Waals surface area contributed by atoms with Gasteiger partial charge in [-0.3, -0.25) is 19.6 Å². The number of carboxylic acid groups (broad SMARTS) is 1. The maximum absolute atomic E-state index is 12.6. The highest BCUT2D eigenvalue weighted by atomic mass is 16.5. The average Bonchev–Trinajstić information content (AvgIpc) is 3.34. The number of anilines is 1. The maximum Gasteiger partial charge on any atom is 0.411 e. The zero-order valence-corrected chi connectivity index (χ0v) is 19.9. The first kappa shape index (κ1) is 24.0. The molecule has 3 N–H and O–H groups in total. The number of carbonyl (C=O) groups is 3. The Morgan fingerprint density at radius 3 is 2.26 bits per heavy atom. The van der Waals surface area contributed by atoms with Gasteiger partial charge in [0.05, 0.1) is 11.1 Å². The van der Waals surface area contributed by atoms with Crippen LogP contribution in [0.3, 0.4) is 0 Å². The van der Waals surface area contributed by atoms with Crippen molar-refractivity contribution in [2.45, 2.75) is 26.2 Å². The summed E-state index contributed by atoms with van der Waals surface area (Å²) >= 11 is 0. The van der Waals surface area contributed by atoms with E-state index in [1.54, 1.807) is 20.9 Å². The first-order valence-electron chi connectivity index (χ1n) is 11.3. The highest BCUT2D eigenvalue weighted by molar-refractivity contribution is 6.00. The second-order valence-corrected chi connectivity index (χ2v) is 9.21. The maximum atomic E-state index is 12.6. The number of rotatable bonds is 8. The van der Waals surface area contributed by atoms with Crippen molar-refractivity contribution < 1.29 is 24.2 Å². The molecule has 0 fully saturated rings. The van der Waals surface area contributed by atoms with E-state index in [1.165, 1.54) is 10.9 Å². The first-order chi connectivity index (χ1) is 16.7. The smallest absolute Gasteiger partial charge is 0.411 e. The Balaban J connectivity index is 1.39. The number of aromatic nitrogens is 2. The third-order valence-electron chi connectivity index (χ3n) is 6.24. The molecule has 4 rings (SSSR count). The van der Waals surface area contributed by atoms with Gasteiger partial charge in [-0.1, -0.05) is 48.5 Å². The monoisotopic (exact) mass is 476 g/mol. The summed E-state index contributed by atoms with van der Waals surface area (Å²) in [7, 11) is 1.63. The number of hydrogen-bond acceptors (Lipinski definition) is 5. The van der Waals surface area contributed by atoms with Crippen molar-refractivity contribution >= 4 is 23.7 Å². The van der Waals surface area contributed by atoms with Crippen LogP contribution < -0.4 is 10.6 Å². The minimum Gasteiger partial charge on any atom is -0.481 e. The van der Waals surface area contributed by atoms with Crippen LogP contribution in [0, 0.1) is 5.41 Å². The van der Waals surface area contributed by atoms with Gasteiger partial charge in [0.1, 0.15) is 6.61 Å². The van der Waals surface area contributed by atoms with E-state index in [0.29, 0.717) is 0 Å². The van der Waals surface area contributed by atoms with Crippen LogP contribution in [0.15, 0.2) is 54.7 Å². The molecule has 1 heterocycles. The summed E-state index contributed by atoms with van der Waals surface area (Å²) in [4.78, 5) is 36.5. The lowest BCUT2D eigenvalue weighted by atomic mass is 9.90. The van der Waals surface area contributed by atoms with E-state index < -0.39 is 23.4 Å². The fourth-order valence-electron chi connectivity index (χ4n) is 4.17. The number of nitrogens with zero attached hydrogens (tertiary/aromatic N) is 2. The van der Waals surface area contributed by atoms with Gasteiger partial charge in [-0.05, 0) is 42.5 Å². The summed E-state index contributed by atoms with van der Waals surface area (Å²) in [5.74, 6) is -1.54. The van der Waals surface area contributed by atoms with E-state index >= 15 is 0 Å². The zero-order chi connectivity index (χ0) is 25.2. The molecule has 0 spiro atoms. The Hall–Kier alpha value is -4.14. The van der Waals surface area contributed by atoms with E-state index in [4.69, 9.17) is 4.74 Å². The van der Waals surface area contributed by atoms with Gasteiger partial charge in [0.2, 0.25) is 0 Å². The molecule has 0 saturated heterocycles. The molecule has 0 atom stereocenters. The topological polar surface area (TPSA) is 123 Å². The molecule has 3 aromatic rings. The van der Waals surface area contributed by atoms with Gasteiger partial charge in [0, 0.05) is 25.7 Å². The standard InChI is InChI=1S/C26H28N4O5/c1-26(2,24(32)33)12-13-27-23(31)22-21(14-30(3)29-22)28-25(34)35-15-20-18-10-6-4-8-16(18)17-9-5-7-11-19(17)20/h4-11,14,20H,12-13,15H2,1-3H3,(H,27,31)(H,28,34)(H,32,33). The highest BCUT2D eigenvalue weighted by Gasteiger charge is 2.30. The van der Waals surface area contributed by atoms with Gasteiger partial charge in [-0.15, -0.1) is 0 Å². The first-order valence-corrected chi connectivity index (χ1v) is 11.3. The number of hydrogen-bond donors (Lipinski definition) is 3. The van der Waals surface area contributed by atoms with Crippen LogP contribution >= 0.6 is 0 Å². The molecular weight excluding hydrogens is 448 g/mol. The lowest BCUT2D eigenvalue weighted by Crippen LogP contribution is -2.32. The summed E-state index contributed by atoms with van der Waals surface area (Å²) < 4.78 is 6.97. The van der Waals surface area contributed by atoms with Crippen LogP contribution in [0.4, 0.5) is 10.5 Å². The molecule has 9 heteroatoms. The van der Waals surface area contributed by atoms with Crippen LogP contribution in [0.5, 0.6) is 0 Å². The Labute approximate surface area is 203 Å². The molecule has 9 nitrogen and oxygen atoms in total. The number of aliphatic carboxylic acids is 1. The summed E-state index contributed by atoms with van der Waals surface area (Å²) in [6, 6.07) is 16.1. The van der Waals surface area contributed by atoms with Crippen molar-refractivity contribution in [1.29, 1.82) is 0 Å². The number of carboxylic acids is 1. The molecule has 35 heavy (non-hydrogen) atoms. The second-order valence-electron chi connectivity index (χ2n) is 9.21. The van der Waals surface area contributed by atoms with Crippen LogP contribution in [0.25, 0.3) is 11.1 Å². The van der Waals surface area contributed by atoms with E-state index in [0.717, 1.165) is 22.3 Å². The molecule has 2 amide bonds. The molecular formula is C26H28N4O5. The van der Waals surface area contributed by atoms with Gasteiger partial charge in [-0.2, -0.15) is 5.10 Å². The predicted octanol–water partition coefficient (Wildman–Crippen LogP) is 4.01. The number of fused-ring (bicyclic) bond motifs is 3. The normalized spacial score (nSPS) is 12.5. The molecule has 0 saturated carbocycles. The quantitative estimate of drug-likeness (QED) is 0.451. The Morgan fingerprint density at radius 1 is 1.06 bits per heavy atom. The Morgan fingerprint density at radius 2 is 1.66 bits per heavy atom. The molecule has 0 unspecified atom stereocenters. The van der Waals surface area contributed by atoms with E-state index in [1.807, 2.05) is 36.4 Å².